The van der Waals surface area contributed by atoms with Gasteiger partial charge in [-0.05, 0) is 43.9 Å². The van der Waals surface area contributed by atoms with Crippen molar-refractivity contribution in [3.8, 4) is 16.2 Å². The number of anilines is 1. The molecule has 168 valence electrons. The maximum Gasteiger partial charge on any atom is 0.272 e. The fraction of sp³-hybridized carbons (Fsp3) is 0.348. The highest BCUT2D eigenvalue weighted by atomic mass is 32.1. The lowest BCUT2D eigenvalue weighted by molar-refractivity contribution is 0.0785. The standard InChI is InChI=1S/C23H27N5O3S/c1-6-27(4)23(29)19-15(11-31-7-2)18(20-22(24)25-12-26-28(19)20)17-10-14-8-13(3)9-16(30-5)21(14)32-17/h8-10,12H,6-7,11H2,1-5H3,(H2,24,25,26). The van der Waals surface area contributed by atoms with Crippen molar-refractivity contribution in [1.82, 2.24) is 19.5 Å². The molecule has 9 heteroatoms. The van der Waals surface area contributed by atoms with Crippen LogP contribution in [-0.2, 0) is 11.3 Å². The molecule has 0 unspecified atom stereocenters. The van der Waals surface area contributed by atoms with Crippen molar-refractivity contribution in [2.24, 2.45) is 0 Å². The molecule has 1 aromatic carbocycles. The number of nitrogen functional groups attached to an aromatic ring is 1. The van der Waals surface area contributed by atoms with Crippen molar-refractivity contribution >= 4 is 38.7 Å². The van der Waals surface area contributed by atoms with Crippen LogP contribution >= 0.6 is 11.3 Å². The Balaban J connectivity index is 2.08. The number of hydrogen-bond acceptors (Lipinski definition) is 7. The molecule has 0 saturated carbocycles. The number of carbonyl (C=O) groups is 1. The number of amides is 1. The van der Waals surface area contributed by atoms with E-state index in [0.29, 0.717) is 30.2 Å². The summed E-state index contributed by atoms with van der Waals surface area (Å²) in [5.74, 6) is 0.986. The highest BCUT2D eigenvalue weighted by molar-refractivity contribution is 7.22. The summed E-state index contributed by atoms with van der Waals surface area (Å²) < 4.78 is 14.1. The van der Waals surface area contributed by atoms with E-state index in [9.17, 15) is 4.79 Å². The first kappa shape index (κ1) is 22.0. The Kier molecular flexibility index (Phi) is 6.03. The van der Waals surface area contributed by atoms with Crippen molar-refractivity contribution < 1.29 is 14.3 Å². The first-order valence-electron chi connectivity index (χ1n) is 10.5. The number of fused-ring (bicyclic) bond motifs is 2. The minimum Gasteiger partial charge on any atom is -0.495 e. The van der Waals surface area contributed by atoms with Gasteiger partial charge in [0.2, 0.25) is 0 Å². The summed E-state index contributed by atoms with van der Waals surface area (Å²) in [7, 11) is 3.44. The van der Waals surface area contributed by atoms with Crippen LogP contribution in [0.1, 0.15) is 35.5 Å². The smallest absolute Gasteiger partial charge is 0.272 e. The van der Waals surface area contributed by atoms with Crippen molar-refractivity contribution in [2.45, 2.75) is 27.4 Å². The summed E-state index contributed by atoms with van der Waals surface area (Å²) in [6.07, 6.45) is 1.37. The molecule has 3 aromatic heterocycles. The third-order valence-corrected chi connectivity index (χ3v) is 6.70. The van der Waals surface area contributed by atoms with Crippen LogP contribution in [-0.4, -0.2) is 52.7 Å². The molecule has 0 radical (unpaired) electrons. The van der Waals surface area contributed by atoms with E-state index in [0.717, 1.165) is 37.4 Å². The van der Waals surface area contributed by atoms with Gasteiger partial charge in [-0.25, -0.2) is 9.50 Å². The number of carbonyl (C=O) groups excluding carboxylic acids is 1. The number of benzene rings is 1. The Labute approximate surface area is 190 Å². The van der Waals surface area contributed by atoms with Crippen molar-refractivity contribution in [3.63, 3.8) is 0 Å². The number of aromatic nitrogens is 3. The van der Waals surface area contributed by atoms with E-state index in [1.807, 2.05) is 26.8 Å². The summed E-state index contributed by atoms with van der Waals surface area (Å²) in [5.41, 5.74) is 10.1. The van der Waals surface area contributed by atoms with Crippen molar-refractivity contribution in [1.29, 1.82) is 0 Å². The monoisotopic (exact) mass is 453 g/mol. The van der Waals surface area contributed by atoms with Gasteiger partial charge in [-0.15, -0.1) is 11.3 Å². The molecule has 2 N–H and O–H groups in total. The fourth-order valence-electron chi connectivity index (χ4n) is 3.85. The zero-order valence-corrected chi connectivity index (χ0v) is 19.7. The van der Waals surface area contributed by atoms with Gasteiger partial charge in [0.1, 0.15) is 23.3 Å². The predicted molar refractivity (Wildman–Crippen MR) is 127 cm³/mol. The first-order valence-corrected chi connectivity index (χ1v) is 11.3. The van der Waals surface area contributed by atoms with Gasteiger partial charge in [0.25, 0.3) is 5.91 Å². The molecule has 0 aliphatic rings. The number of rotatable bonds is 7. The molecule has 0 aliphatic heterocycles. The highest BCUT2D eigenvalue weighted by Crippen LogP contribution is 2.44. The lowest BCUT2D eigenvalue weighted by atomic mass is 10.1. The zero-order chi connectivity index (χ0) is 23.0. The van der Waals surface area contributed by atoms with Gasteiger partial charge in [0, 0.05) is 36.2 Å². The van der Waals surface area contributed by atoms with Crippen LogP contribution in [0.5, 0.6) is 5.75 Å². The van der Waals surface area contributed by atoms with Crippen LogP contribution in [0, 0.1) is 6.92 Å². The number of hydrogen-bond donors (Lipinski definition) is 1. The van der Waals surface area contributed by atoms with Gasteiger partial charge in [0.05, 0.1) is 18.4 Å². The van der Waals surface area contributed by atoms with Crippen molar-refractivity contribution in [3.05, 3.63) is 41.3 Å². The molecule has 0 saturated heterocycles. The van der Waals surface area contributed by atoms with E-state index < -0.39 is 0 Å². The SMILES string of the molecule is CCOCc1c(-c2cc3cc(C)cc(OC)c3s2)c2c(N)ncnn2c1C(=O)N(C)CC. The van der Waals surface area contributed by atoms with Gasteiger partial charge in [-0.1, -0.05) is 6.07 Å². The topological polar surface area (TPSA) is 95.0 Å². The van der Waals surface area contributed by atoms with Crippen LogP contribution in [0.25, 0.3) is 26.0 Å². The maximum absolute atomic E-state index is 13.4. The Bertz CT molecular complexity index is 1310. The highest BCUT2D eigenvalue weighted by Gasteiger charge is 2.29. The van der Waals surface area contributed by atoms with Crippen LogP contribution in [0.3, 0.4) is 0 Å². The minimum absolute atomic E-state index is 0.143. The quantitative estimate of drug-likeness (QED) is 0.452. The molecular formula is C23H27N5O3S. The van der Waals surface area contributed by atoms with Crippen LogP contribution in [0.15, 0.2) is 24.5 Å². The van der Waals surface area contributed by atoms with E-state index in [2.05, 4.69) is 22.2 Å². The number of methoxy groups -OCH3 is 1. The second-order valence-electron chi connectivity index (χ2n) is 7.56. The second-order valence-corrected chi connectivity index (χ2v) is 8.61. The molecule has 8 nitrogen and oxygen atoms in total. The van der Waals surface area contributed by atoms with Gasteiger partial charge in [0.15, 0.2) is 5.82 Å². The number of ether oxygens (including phenoxy) is 2. The molecule has 4 rings (SSSR count). The lowest BCUT2D eigenvalue weighted by Gasteiger charge is -2.15. The first-order chi connectivity index (χ1) is 15.4. The van der Waals surface area contributed by atoms with Gasteiger partial charge in [-0.3, -0.25) is 4.79 Å². The number of nitrogens with zero attached hydrogens (tertiary/aromatic N) is 4. The summed E-state index contributed by atoms with van der Waals surface area (Å²) >= 11 is 1.59. The third kappa shape index (κ3) is 3.57. The third-order valence-electron chi connectivity index (χ3n) is 5.52. The summed E-state index contributed by atoms with van der Waals surface area (Å²) in [4.78, 5) is 20.2. The molecule has 3 heterocycles. The lowest BCUT2D eigenvalue weighted by Crippen LogP contribution is -2.28. The maximum atomic E-state index is 13.4. The minimum atomic E-state index is -0.143. The summed E-state index contributed by atoms with van der Waals surface area (Å²) in [5, 5.41) is 5.47. The number of nitrogens with two attached hydrogens (primary N) is 1. The fourth-order valence-corrected chi connectivity index (χ4v) is 5.06. The molecule has 0 fully saturated rings. The zero-order valence-electron chi connectivity index (χ0n) is 18.9. The molecule has 0 atom stereocenters. The molecule has 0 aliphatic carbocycles. The number of aryl methyl sites for hydroxylation is 1. The molecule has 0 spiro atoms. The van der Waals surface area contributed by atoms with E-state index in [1.165, 1.54) is 6.33 Å². The van der Waals surface area contributed by atoms with Crippen LogP contribution in [0.4, 0.5) is 5.82 Å². The van der Waals surface area contributed by atoms with E-state index in [1.54, 1.807) is 34.9 Å². The van der Waals surface area contributed by atoms with E-state index in [-0.39, 0.29) is 12.5 Å². The Morgan fingerprint density at radius 1 is 1.28 bits per heavy atom. The second kappa shape index (κ2) is 8.76. The molecular weight excluding hydrogens is 426 g/mol. The van der Waals surface area contributed by atoms with E-state index in [4.69, 9.17) is 15.2 Å². The van der Waals surface area contributed by atoms with Crippen LogP contribution < -0.4 is 10.5 Å². The normalized spacial score (nSPS) is 11.4. The molecule has 0 bridgehead atoms. The van der Waals surface area contributed by atoms with Gasteiger partial charge in [-0.2, -0.15) is 5.10 Å². The Morgan fingerprint density at radius 2 is 2.06 bits per heavy atom. The Morgan fingerprint density at radius 3 is 2.75 bits per heavy atom. The molecule has 1 amide bonds. The van der Waals surface area contributed by atoms with Crippen LogP contribution in [0.2, 0.25) is 0 Å². The Hall–Kier alpha value is -3.17. The summed E-state index contributed by atoms with van der Waals surface area (Å²) in [6.45, 7) is 7.24. The van der Waals surface area contributed by atoms with Gasteiger partial charge >= 0.3 is 0 Å². The number of thiophene rings is 1. The van der Waals surface area contributed by atoms with Gasteiger partial charge < -0.3 is 20.1 Å². The van der Waals surface area contributed by atoms with E-state index >= 15 is 0 Å². The summed E-state index contributed by atoms with van der Waals surface area (Å²) in [6, 6.07) is 6.24. The average molecular weight is 454 g/mol. The largest absolute Gasteiger partial charge is 0.495 e. The predicted octanol–water partition coefficient (Wildman–Crippen LogP) is 4.14. The molecule has 32 heavy (non-hydrogen) atoms. The molecule has 4 aromatic rings. The van der Waals surface area contributed by atoms with Crippen molar-refractivity contribution in [2.75, 3.05) is 33.0 Å². The average Bonchev–Trinajstić information content (AvgIpc) is 3.35.